The lowest BCUT2D eigenvalue weighted by Gasteiger charge is -2.27. The van der Waals surface area contributed by atoms with E-state index in [0.29, 0.717) is 11.3 Å². The molecular formula is C16H16N2S2. The van der Waals surface area contributed by atoms with E-state index in [0.717, 1.165) is 12.1 Å². The number of hydrogen-bond donors (Lipinski definition) is 1. The molecule has 20 heavy (non-hydrogen) atoms. The fourth-order valence-corrected chi connectivity index (χ4v) is 5.05. The van der Waals surface area contributed by atoms with Crippen molar-refractivity contribution in [2.75, 3.05) is 0 Å². The summed E-state index contributed by atoms with van der Waals surface area (Å²) in [5.74, 6) is 0. The van der Waals surface area contributed by atoms with E-state index in [-0.39, 0.29) is 0 Å². The molecule has 2 heterocycles. The molecule has 1 aliphatic rings. The van der Waals surface area contributed by atoms with Crippen molar-refractivity contribution in [1.82, 2.24) is 5.32 Å². The lowest BCUT2D eigenvalue weighted by atomic mass is 10.0. The van der Waals surface area contributed by atoms with Gasteiger partial charge in [0.2, 0.25) is 0 Å². The van der Waals surface area contributed by atoms with Crippen molar-refractivity contribution in [3.63, 3.8) is 0 Å². The maximum atomic E-state index is 8.81. The van der Waals surface area contributed by atoms with Gasteiger partial charge in [-0.2, -0.15) is 5.26 Å². The predicted molar refractivity (Wildman–Crippen MR) is 85.0 cm³/mol. The van der Waals surface area contributed by atoms with Crippen LogP contribution in [-0.4, -0.2) is 5.25 Å². The molecule has 0 radical (unpaired) electrons. The van der Waals surface area contributed by atoms with E-state index in [2.05, 4.69) is 29.8 Å². The van der Waals surface area contributed by atoms with Crippen LogP contribution < -0.4 is 5.32 Å². The minimum absolute atomic E-state index is 0.447. The van der Waals surface area contributed by atoms with Gasteiger partial charge in [-0.1, -0.05) is 19.1 Å². The van der Waals surface area contributed by atoms with Gasteiger partial charge in [0.15, 0.2) is 0 Å². The molecule has 2 atom stereocenters. The summed E-state index contributed by atoms with van der Waals surface area (Å²) < 4.78 is 1.46. The zero-order chi connectivity index (χ0) is 13.9. The second-order valence-corrected chi connectivity index (χ2v) is 7.69. The Morgan fingerprint density at radius 2 is 2.10 bits per heavy atom. The third-order valence-corrected chi connectivity index (χ3v) is 5.89. The first-order valence-corrected chi connectivity index (χ1v) is 8.48. The van der Waals surface area contributed by atoms with Gasteiger partial charge in [0.1, 0.15) is 0 Å². The molecule has 1 aliphatic heterocycles. The van der Waals surface area contributed by atoms with Crippen LogP contribution in [0, 0.1) is 11.3 Å². The number of nitrogens with zero attached hydrogens (tertiary/aromatic N) is 1. The van der Waals surface area contributed by atoms with Gasteiger partial charge in [-0.3, -0.25) is 0 Å². The second-order valence-electron chi connectivity index (χ2n) is 5.07. The summed E-state index contributed by atoms with van der Waals surface area (Å²) in [6.07, 6.45) is 1.17. The van der Waals surface area contributed by atoms with E-state index in [4.69, 9.17) is 5.26 Å². The monoisotopic (exact) mass is 300 g/mol. The maximum absolute atomic E-state index is 8.81. The Balaban J connectivity index is 1.68. The molecule has 0 spiro atoms. The SMILES string of the molecule is C[C@H]1CC(NCc2ccc(C#N)cc2)c2ccsc2S1. The van der Waals surface area contributed by atoms with Gasteiger partial charge in [0.25, 0.3) is 0 Å². The summed E-state index contributed by atoms with van der Waals surface area (Å²) in [6.45, 7) is 3.15. The maximum Gasteiger partial charge on any atom is 0.0991 e. The van der Waals surface area contributed by atoms with Crippen LogP contribution in [0.15, 0.2) is 39.9 Å². The molecule has 0 amide bonds. The van der Waals surface area contributed by atoms with E-state index < -0.39 is 0 Å². The highest BCUT2D eigenvalue weighted by Crippen LogP contribution is 2.43. The highest BCUT2D eigenvalue weighted by Gasteiger charge is 2.25. The summed E-state index contributed by atoms with van der Waals surface area (Å²) in [6, 6.07) is 12.7. The second kappa shape index (κ2) is 6.01. The minimum atomic E-state index is 0.447. The van der Waals surface area contributed by atoms with Crippen LogP contribution in [0.3, 0.4) is 0 Å². The summed E-state index contributed by atoms with van der Waals surface area (Å²) in [5, 5.41) is 15.3. The number of thiophene rings is 1. The summed E-state index contributed by atoms with van der Waals surface area (Å²) in [7, 11) is 0. The highest BCUT2D eigenvalue weighted by atomic mass is 32.2. The Morgan fingerprint density at radius 1 is 1.30 bits per heavy atom. The molecule has 1 aromatic heterocycles. The van der Waals surface area contributed by atoms with Gasteiger partial charge in [0.05, 0.1) is 15.8 Å². The number of nitriles is 1. The van der Waals surface area contributed by atoms with Crippen molar-refractivity contribution in [3.8, 4) is 6.07 Å². The number of fused-ring (bicyclic) bond motifs is 1. The zero-order valence-corrected chi connectivity index (χ0v) is 12.9. The standard InChI is InChI=1S/C16H16N2S2/c1-11-8-15(14-6-7-19-16(14)20-11)18-10-13-4-2-12(9-17)3-5-13/h2-7,11,15,18H,8,10H2,1H3/t11-,15?/m0/s1. The van der Waals surface area contributed by atoms with Crippen molar-refractivity contribution < 1.29 is 0 Å². The van der Waals surface area contributed by atoms with Crippen LogP contribution in [0.5, 0.6) is 0 Å². The molecule has 0 aliphatic carbocycles. The Hall–Kier alpha value is -1.28. The Bertz CT molecular complexity index is 625. The molecular weight excluding hydrogens is 284 g/mol. The van der Waals surface area contributed by atoms with Crippen LogP contribution >= 0.6 is 23.1 Å². The number of benzene rings is 1. The Kier molecular flexibility index (Phi) is 4.11. The molecule has 0 saturated carbocycles. The molecule has 0 fully saturated rings. The molecule has 1 unspecified atom stereocenters. The first-order chi connectivity index (χ1) is 9.76. The third kappa shape index (κ3) is 2.90. The van der Waals surface area contributed by atoms with Crippen LogP contribution in [0.4, 0.5) is 0 Å². The highest BCUT2D eigenvalue weighted by molar-refractivity contribution is 8.01. The van der Waals surface area contributed by atoms with Gasteiger partial charge >= 0.3 is 0 Å². The molecule has 1 N–H and O–H groups in total. The van der Waals surface area contributed by atoms with Crippen molar-refractivity contribution in [2.24, 2.45) is 0 Å². The lowest BCUT2D eigenvalue weighted by Crippen LogP contribution is -2.26. The van der Waals surface area contributed by atoms with E-state index in [9.17, 15) is 0 Å². The first kappa shape index (κ1) is 13.7. The topological polar surface area (TPSA) is 35.8 Å². The number of rotatable bonds is 3. The van der Waals surface area contributed by atoms with Crippen LogP contribution in [0.25, 0.3) is 0 Å². The number of nitrogens with one attached hydrogen (secondary N) is 1. The average molecular weight is 300 g/mol. The predicted octanol–water partition coefficient (Wildman–Crippen LogP) is 4.33. The van der Waals surface area contributed by atoms with Gasteiger partial charge in [-0.15, -0.1) is 23.1 Å². The summed E-state index contributed by atoms with van der Waals surface area (Å²) in [4.78, 5) is 0. The van der Waals surface area contributed by atoms with Gasteiger partial charge in [-0.25, -0.2) is 0 Å². The van der Waals surface area contributed by atoms with Crippen molar-refractivity contribution in [1.29, 1.82) is 5.26 Å². The van der Waals surface area contributed by atoms with Crippen molar-refractivity contribution >= 4 is 23.1 Å². The van der Waals surface area contributed by atoms with Crippen molar-refractivity contribution in [3.05, 3.63) is 52.4 Å². The Labute approximate surface area is 127 Å². The minimum Gasteiger partial charge on any atom is -0.306 e. The lowest BCUT2D eigenvalue weighted by molar-refractivity contribution is 0.488. The molecule has 102 valence electrons. The van der Waals surface area contributed by atoms with Crippen LogP contribution in [-0.2, 0) is 6.54 Å². The molecule has 2 aromatic rings. The molecule has 2 nitrogen and oxygen atoms in total. The molecule has 4 heteroatoms. The molecule has 1 aromatic carbocycles. The fraction of sp³-hybridized carbons (Fsp3) is 0.312. The Morgan fingerprint density at radius 3 is 2.85 bits per heavy atom. The molecule has 0 saturated heterocycles. The number of thioether (sulfide) groups is 1. The largest absolute Gasteiger partial charge is 0.306 e. The normalized spacial score (nSPS) is 21.2. The van der Waals surface area contributed by atoms with E-state index in [1.807, 2.05) is 47.4 Å². The molecule has 0 bridgehead atoms. The van der Waals surface area contributed by atoms with Gasteiger partial charge < -0.3 is 5.32 Å². The first-order valence-electron chi connectivity index (χ1n) is 6.72. The average Bonchev–Trinajstić information content (AvgIpc) is 2.93. The summed E-state index contributed by atoms with van der Waals surface area (Å²) >= 11 is 3.84. The summed E-state index contributed by atoms with van der Waals surface area (Å²) in [5.41, 5.74) is 3.40. The van der Waals surface area contributed by atoms with Gasteiger partial charge in [-0.05, 0) is 41.1 Å². The smallest absolute Gasteiger partial charge is 0.0991 e. The quantitative estimate of drug-likeness (QED) is 0.916. The molecule has 3 rings (SSSR count). The van der Waals surface area contributed by atoms with E-state index >= 15 is 0 Å². The zero-order valence-electron chi connectivity index (χ0n) is 11.3. The van der Waals surface area contributed by atoms with Gasteiger partial charge in [0, 0.05) is 17.8 Å². The van der Waals surface area contributed by atoms with E-state index in [1.54, 1.807) is 0 Å². The van der Waals surface area contributed by atoms with Crippen LogP contribution in [0.1, 0.15) is 36.1 Å². The number of hydrogen-bond acceptors (Lipinski definition) is 4. The van der Waals surface area contributed by atoms with Crippen LogP contribution in [0.2, 0.25) is 0 Å². The fourth-order valence-electron chi connectivity index (χ4n) is 2.48. The van der Waals surface area contributed by atoms with Crippen molar-refractivity contribution in [2.45, 2.75) is 35.4 Å². The van der Waals surface area contributed by atoms with E-state index in [1.165, 1.54) is 21.8 Å². The third-order valence-electron chi connectivity index (χ3n) is 3.55.